The zero-order valence-electron chi connectivity index (χ0n) is 21.1. The second-order valence-corrected chi connectivity index (χ2v) is 11.9. The van der Waals surface area contributed by atoms with Crippen molar-refractivity contribution in [2.24, 2.45) is 40.1 Å². The highest BCUT2D eigenvalue weighted by atomic mass is 16.5. The van der Waals surface area contributed by atoms with Crippen LogP contribution in [0.1, 0.15) is 78.1 Å². The van der Waals surface area contributed by atoms with Crippen LogP contribution in [-0.4, -0.2) is 58.6 Å². The molecule has 0 heterocycles. The minimum Gasteiger partial charge on any atom is -0.456 e. The van der Waals surface area contributed by atoms with Gasteiger partial charge in [0.1, 0.15) is 11.6 Å². The minimum atomic E-state index is -1.66. The number of esters is 1. The van der Waals surface area contributed by atoms with Crippen LogP contribution >= 0.6 is 0 Å². The maximum Gasteiger partial charge on any atom is 0.323 e. The third kappa shape index (κ3) is 4.30. The molecule has 0 aromatic heterocycles. The summed E-state index contributed by atoms with van der Waals surface area (Å²) in [4.78, 5) is 37.6. The van der Waals surface area contributed by atoms with Crippen LogP contribution in [0, 0.1) is 28.6 Å². The van der Waals surface area contributed by atoms with E-state index in [-0.39, 0.29) is 29.0 Å². The van der Waals surface area contributed by atoms with Gasteiger partial charge in [-0.25, -0.2) is 0 Å². The van der Waals surface area contributed by atoms with Gasteiger partial charge in [0, 0.05) is 11.8 Å². The molecular formula is C27H42N2O6. The summed E-state index contributed by atoms with van der Waals surface area (Å²) in [6.07, 6.45) is 7.20. The van der Waals surface area contributed by atoms with Crippen molar-refractivity contribution < 1.29 is 29.3 Å². The van der Waals surface area contributed by atoms with E-state index in [1.807, 2.05) is 6.92 Å². The van der Waals surface area contributed by atoms with E-state index in [1.54, 1.807) is 6.08 Å². The summed E-state index contributed by atoms with van der Waals surface area (Å²) in [5.74, 6) is -0.735. The fourth-order valence-corrected chi connectivity index (χ4v) is 8.14. The molecule has 3 fully saturated rings. The molecule has 35 heavy (non-hydrogen) atoms. The van der Waals surface area contributed by atoms with E-state index in [0.29, 0.717) is 45.1 Å². The second-order valence-electron chi connectivity index (χ2n) is 11.9. The Bertz CT molecular complexity index is 904. The maximum absolute atomic E-state index is 13.3. The number of fused-ring (bicyclic) bond motifs is 5. The number of ether oxygens (including phenoxy) is 1. The Hall–Kier alpha value is -1.61. The Morgan fingerprint density at radius 3 is 2.66 bits per heavy atom. The van der Waals surface area contributed by atoms with E-state index in [1.165, 1.54) is 0 Å². The van der Waals surface area contributed by atoms with Gasteiger partial charge < -0.3 is 26.4 Å². The van der Waals surface area contributed by atoms with E-state index in [0.717, 1.165) is 31.3 Å². The number of ketones is 2. The molecule has 0 bridgehead atoms. The third-order valence-electron chi connectivity index (χ3n) is 10.1. The molecule has 8 nitrogen and oxygen atoms in total. The van der Waals surface area contributed by atoms with Crippen molar-refractivity contribution in [3.63, 3.8) is 0 Å². The van der Waals surface area contributed by atoms with Gasteiger partial charge in [-0.1, -0.05) is 25.8 Å². The van der Waals surface area contributed by atoms with Crippen LogP contribution in [0.2, 0.25) is 0 Å². The predicted molar refractivity (Wildman–Crippen MR) is 130 cm³/mol. The van der Waals surface area contributed by atoms with Gasteiger partial charge in [-0.3, -0.25) is 14.4 Å². The molecule has 0 aliphatic heterocycles. The Morgan fingerprint density at radius 2 is 1.94 bits per heavy atom. The number of carbonyl (C=O) groups is 3. The molecule has 4 aliphatic rings. The first kappa shape index (κ1) is 26.5. The molecule has 8 atom stereocenters. The van der Waals surface area contributed by atoms with Crippen molar-refractivity contribution >= 4 is 17.5 Å². The summed E-state index contributed by atoms with van der Waals surface area (Å²) in [7, 11) is 0. The van der Waals surface area contributed by atoms with Gasteiger partial charge >= 0.3 is 5.97 Å². The van der Waals surface area contributed by atoms with Crippen molar-refractivity contribution in [3.05, 3.63) is 11.6 Å². The molecule has 0 saturated heterocycles. The monoisotopic (exact) mass is 490 g/mol. The normalized spacial score (nSPS) is 41.3. The lowest BCUT2D eigenvalue weighted by atomic mass is 9.45. The molecule has 0 spiro atoms. The van der Waals surface area contributed by atoms with Crippen molar-refractivity contribution in [2.75, 3.05) is 13.2 Å². The van der Waals surface area contributed by atoms with Crippen molar-refractivity contribution in [2.45, 2.75) is 95.8 Å². The molecule has 0 radical (unpaired) electrons. The molecule has 0 aromatic carbocycles. The van der Waals surface area contributed by atoms with Crippen molar-refractivity contribution in [1.82, 2.24) is 0 Å². The fourth-order valence-electron chi connectivity index (χ4n) is 8.14. The van der Waals surface area contributed by atoms with Gasteiger partial charge in [-0.2, -0.15) is 0 Å². The second kappa shape index (κ2) is 9.69. The lowest BCUT2D eigenvalue weighted by molar-refractivity contribution is -0.184. The number of aliphatic hydroxyl groups is 2. The lowest BCUT2D eigenvalue weighted by Gasteiger charge is -2.60. The highest BCUT2D eigenvalue weighted by Gasteiger charge is 2.68. The summed E-state index contributed by atoms with van der Waals surface area (Å²) < 4.78 is 5.22. The first-order valence-electron chi connectivity index (χ1n) is 13.3. The SMILES string of the molecule is C[C@]12CCC(=O)C=C1CC[C@@H]1[C@@H]2[C@@H](O)C[C@@]2(C)[C@H]1CC[C@]2(O)C(=O)COC(=O)[C@@H](N)CCCCN. The summed E-state index contributed by atoms with van der Waals surface area (Å²) >= 11 is 0. The van der Waals surface area contributed by atoms with Crippen LogP contribution in [0.25, 0.3) is 0 Å². The van der Waals surface area contributed by atoms with Crippen LogP contribution in [0.3, 0.4) is 0 Å². The Labute approximate surface area is 207 Å². The van der Waals surface area contributed by atoms with E-state index >= 15 is 0 Å². The van der Waals surface area contributed by atoms with E-state index in [2.05, 4.69) is 6.92 Å². The number of hydrogen-bond donors (Lipinski definition) is 4. The van der Waals surface area contributed by atoms with Crippen LogP contribution in [0.5, 0.6) is 0 Å². The zero-order chi connectivity index (χ0) is 25.6. The van der Waals surface area contributed by atoms with Crippen molar-refractivity contribution in [3.8, 4) is 0 Å². The quantitative estimate of drug-likeness (QED) is 0.297. The molecule has 8 heteroatoms. The number of rotatable bonds is 8. The molecule has 0 unspecified atom stereocenters. The van der Waals surface area contributed by atoms with Crippen molar-refractivity contribution in [1.29, 1.82) is 0 Å². The van der Waals surface area contributed by atoms with Gasteiger partial charge in [0.25, 0.3) is 0 Å². The van der Waals surface area contributed by atoms with Gasteiger partial charge in [-0.05, 0) is 87.2 Å². The third-order valence-corrected chi connectivity index (χ3v) is 10.1. The number of carbonyl (C=O) groups excluding carboxylic acids is 3. The van der Waals surface area contributed by atoms with E-state index in [9.17, 15) is 24.6 Å². The van der Waals surface area contributed by atoms with Crippen LogP contribution in [0.15, 0.2) is 11.6 Å². The molecule has 4 rings (SSSR count). The van der Waals surface area contributed by atoms with Gasteiger partial charge in [-0.15, -0.1) is 0 Å². The standard InChI is InChI=1S/C27H42N2O6/c1-25-10-8-17(30)13-16(25)6-7-18-19-9-11-27(34,26(19,2)14-21(31)23(18)25)22(32)15-35-24(33)20(29)5-3-4-12-28/h13,18-21,23,31,34H,3-12,14-15,28-29H2,1-2H3/t18-,19-,20-,21-,23+,25-,26-,27-/m0/s1. The molecule has 196 valence electrons. The minimum absolute atomic E-state index is 0.00970. The highest BCUT2D eigenvalue weighted by molar-refractivity contribution is 5.92. The summed E-state index contributed by atoms with van der Waals surface area (Å²) in [6, 6.07) is -0.819. The Balaban J connectivity index is 1.48. The van der Waals surface area contributed by atoms with Gasteiger partial charge in [0.15, 0.2) is 12.4 Å². The molecule has 6 N–H and O–H groups in total. The van der Waals surface area contributed by atoms with Crippen LogP contribution in [-0.2, 0) is 19.1 Å². The number of hydrogen-bond acceptors (Lipinski definition) is 8. The van der Waals surface area contributed by atoms with Crippen LogP contribution < -0.4 is 11.5 Å². The summed E-state index contributed by atoms with van der Waals surface area (Å²) in [6.45, 7) is 4.10. The topological polar surface area (TPSA) is 153 Å². The number of unbranched alkanes of at least 4 members (excludes halogenated alkanes) is 1. The molecular weight excluding hydrogens is 448 g/mol. The number of aliphatic hydroxyl groups excluding tert-OH is 1. The fraction of sp³-hybridized carbons (Fsp3) is 0.815. The average Bonchev–Trinajstić information content (AvgIpc) is 3.08. The molecule has 0 aromatic rings. The first-order valence-corrected chi connectivity index (χ1v) is 13.3. The molecule has 4 aliphatic carbocycles. The Kier molecular flexibility index (Phi) is 7.32. The van der Waals surface area contributed by atoms with Gasteiger partial charge in [0.05, 0.1) is 6.10 Å². The maximum atomic E-state index is 13.3. The lowest BCUT2D eigenvalue weighted by Crippen LogP contribution is -2.62. The van der Waals surface area contributed by atoms with Crippen LogP contribution in [0.4, 0.5) is 0 Å². The first-order chi connectivity index (χ1) is 16.5. The number of nitrogens with two attached hydrogens (primary N) is 2. The summed E-state index contributed by atoms with van der Waals surface area (Å²) in [5, 5.41) is 23.2. The van der Waals surface area contributed by atoms with Gasteiger partial charge in [0.2, 0.25) is 5.78 Å². The number of allylic oxidation sites excluding steroid dienone is 1. The smallest absolute Gasteiger partial charge is 0.323 e. The van der Waals surface area contributed by atoms with E-state index in [4.69, 9.17) is 16.2 Å². The number of Topliss-reactive ketones (excluding diaryl/α,β-unsaturated/α-hetero) is 1. The average molecular weight is 491 g/mol. The van der Waals surface area contributed by atoms with E-state index < -0.39 is 41.5 Å². The Morgan fingerprint density at radius 1 is 1.20 bits per heavy atom. The predicted octanol–water partition coefficient (Wildman–Crippen LogP) is 1.79. The molecule has 0 amide bonds. The zero-order valence-corrected chi connectivity index (χ0v) is 21.1. The highest BCUT2D eigenvalue weighted by Crippen LogP contribution is 2.67. The summed E-state index contributed by atoms with van der Waals surface area (Å²) in [5.41, 5.74) is 9.82. The molecule has 3 saturated carbocycles. The largest absolute Gasteiger partial charge is 0.456 e.